The molecule has 0 saturated carbocycles. The molecule has 3 nitrogen and oxygen atoms in total. The second-order valence-electron chi connectivity index (χ2n) is 4.14. The van der Waals surface area contributed by atoms with Crippen LogP contribution in [0.1, 0.15) is 16.1 Å². The largest absolute Gasteiger partial charge is 0.504 e. The number of ketones is 1. The Morgan fingerprint density at radius 3 is 2.53 bits per heavy atom. The van der Waals surface area contributed by atoms with Crippen molar-refractivity contribution in [3.8, 4) is 5.75 Å². The molecule has 19 heavy (non-hydrogen) atoms. The summed E-state index contributed by atoms with van der Waals surface area (Å²) in [6, 6.07) is 13.2. The van der Waals surface area contributed by atoms with Gasteiger partial charge in [-0.25, -0.2) is 0 Å². The predicted octanol–water partition coefficient (Wildman–Crippen LogP) is 4.02. The molecule has 0 atom stereocenters. The van der Waals surface area contributed by atoms with Crippen LogP contribution in [0, 0.1) is 0 Å². The average Bonchev–Trinajstić information content (AvgIpc) is 2.84. The summed E-state index contributed by atoms with van der Waals surface area (Å²) in [5, 5.41) is 10.9. The number of phenolic OH excluding ortho intramolecular Hbond substituents is 1. The third kappa shape index (κ3) is 2.09. The molecule has 0 aliphatic rings. The van der Waals surface area contributed by atoms with Gasteiger partial charge in [0.25, 0.3) is 0 Å². The van der Waals surface area contributed by atoms with Crippen molar-refractivity contribution in [2.24, 2.45) is 0 Å². The zero-order valence-corrected chi connectivity index (χ0v) is 10.5. The highest BCUT2D eigenvalue weighted by atomic mass is 35.5. The van der Waals surface area contributed by atoms with E-state index in [9.17, 15) is 9.90 Å². The molecule has 1 N–H and O–H groups in total. The molecule has 0 spiro atoms. The fraction of sp³-hybridized carbons (Fsp3) is 0. The van der Waals surface area contributed by atoms with E-state index in [4.69, 9.17) is 16.0 Å². The molecule has 94 valence electrons. The Balaban J connectivity index is 2.06. The van der Waals surface area contributed by atoms with E-state index in [1.807, 2.05) is 0 Å². The van der Waals surface area contributed by atoms with Crippen molar-refractivity contribution in [3.63, 3.8) is 0 Å². The van der Waals surface area contributed by atoms with Crippen LogP contribution >= 0.6 is 11.6 Å². The van der Waals surface area contributed by atoms with Gasteiger partial charge in [0.2, 0.25) is 5.78 Å². The highest BCUT2D eigenvalue weighted by molar-refractivity contribution is 6.30. The SMILES string of the molecule is O=C(c1ccc(Cl)cc1)c1cc2cccc(O)c2o1. The topological polar surface area (TPSA) is 50.4 Å². The van der Waals surface area contributed by atoms with Crippen LogP contribution in [0.15, 0.2) is 52.9 Å². The van der Waals surface area contributed by atoms with Crippen molar-refractivity contribution in [3.05, 3.63) is 64.9 Å². The second kappa shape index (κ2) is 4.44. The van der Waals surface area contributed by atoms with Crippen molar-refractivity contribution >= 4 is 28.4 Å². The molecule has 3 aromatic rings. The summed E-state index contributed by atoms with van der Waals surface area (Å²) in [5.74, 6) is -0.0289. The summed E-state index contributed by atoms with van der Waals surface area (Å²) in [6.45, 7) is 0. The van der Waals surface area contributed by atoms with Gasteiger partial charge in [-0.05, 0) is 36.4 Å². The number of rotatable bonds is 2. The highest BCUT2D eigenvalue weighted by Gasteiger charge is 2.15. The molecule has 1 heterocycles. The van der Waals surface area contributed by atoms with Crippen LogP contribution in [0.25, 0.3) is 11.0 Å². The van der Waals surface area contributed by atoms with E-state index in [0.29, 0.717) is 21.6 Å². The lowest BCUT2D eigenvalue weighted by Gasteiger charge is -1.97. The Labute approximate surface area is 114 Å². The molecule has 4 heteroatoms. The normalized spacial score (nSPS) is 10.8. The Bertz CT molecular complexity index is 757. The van der Waals surface area contributed by atoms with Gasteiger partial charge in [-0.2, -0.15) is 0 Å². The van der Waals surface area contributed by atoms with E-state index in [1.54, 1.807) is 42.5 Å². The van der Waals surface area contributed by atoms with E-state index < -0.39 is 0 Å². The molecule has 0 unspecified atom stereocenters. The zero-order valence-electron chi connectivity index (χ0n) is 9.76. The van der Waals surface area contributed by atoms with Crippen LogP contribution in [0.3, 0.4) is 0 Å². The van der Waals surface area contributed by atoms with Gasteiger partial charge in [0.15, 0.2) is 17.1 Å². The number of phenols is 1. The van der Waals surface area contributed by atoms with Gasteiger partial charge in [0, 0.05) is 16.0 Å². The molecule has 0 amide bonds. The summed E-state index contributed by atoms with van der Waals surface area (Å²) < 4.78 is 5.41. The molecular formula is C15H9ClO3. The molecule has 0 fully saturated rings. The van der Waals surface area contributed by atoms with Crippen LogP contribution < -0.4 is 0 Å². The second-order valence-corrected chi connectivity index (χ2v) is 4.58. The lowest BCUT2D eigenvalue weighted by atomic mass is 10.1. The first kappa shape index (κ1) is 11.8. The molecule has 0 bridgehead atoms. The Morgan fingerprint density at radius 1 is 1.11 bits per heavy atom. The minimum Gasteiger partial charge on any atom is -0.504 e. The summed E-state index contributed by atoms with van der Waals surface area (Å²) in [7, 11) is 0. The number of para-hydroxylation sites is 1. The fourth-order valence-electron chi connectivity index (χ4n) is 1.90. The first-order valence-electron chi connectivity index (χ1n) is 5.67. The molecule has 0 aliphatic carbocycles. The van der Waals surface area contributed by atoms with E-state index in [1.165, 1.54) is 6.07 Å². The lowest BCUT2D eigenvalue weighted by molar-refractivity contribution is 0.101. The summed E-state index contributed by atoms with van der Waals surface area (Å²) in [6.07, 6.45) is 0. The molecule has 0 radical (unpaired) electrons. The first-order valence-corrected chi connectivity index (χ1v) is 6.05. The maximum absolute atomic E-state index is 12.2. The van der Waals surface area contributed by atoms with Gasteiger partial charge >= 0.3 is 0 Å². The van der Waals surface area contributed by atoms with Gasteiger partial charge in [-0.1, -0.05) is 23.7 Å². The quantitative estimate of drug-likeness (QED) is 0.717. The van der Waals surface area contributed by atoms with E-state index >= 15 is 0 Å². The third-order valence-electron chi connectivity index (χ3n) is 2.85. The first-order chi connectivity index (χ1) is 9.15. The summed E-state index contributed by atoms with van der Waals surface area (Å²) >= 11 is 5.78. The van der Waals surface area contributed by atoms with Crippen molar-refractivity contribution in [1.82, 2.24) is 0 Å². The van der Waals surface area contributed by atoms with Gasteiger partial charge in [0.05, 0.1) is 0 Å². The van der Waals surface area contributed by atoms with Crippen molar-refractivity contribution in [2.75, 3.05) is 0 Å². The maximum atomic E-state index is 12.2. The smallest absolute Gasteiger partial charge is 0.228 e. The number of carbonyl (C=O) groups is 1. The number of aromatic hydroxyl groups is 1. The third-order valence-corrected chi connectivity index (χ3v) is 3.11. The molecule has 2 aromatic carbocycles. The molecular weight excluding hydrogens is 264 g/mol. The van der Waals surface area contributed by atoms with Gasteiger partial charge < -0.3 is 9.52 Å². The monoisotopic (exact) mass is 272 g/mol. The van der Waals surface area contributed by atoms with Crippen molar-refractivity contribution < 1.29 is 14.3 Å². The number of halogens is 1. The van der Waals surface area contributed by atoms with Gasteiger partial charge in [-0.3, -0.25) is 4.79 Å². The maximum Gasteiger partial charge on any atom is 0.228 e. The molecule has 3 rings (SSSR count). The highest BCUT2D eigenvalue weighted by Crippen LogP contribution is 2.28. The van der Waals surface area contributed by atoms with Crippen LogP contribution in [0.2, 0.25) is 5.02 Å². The van der Waals surface area contributed by atoms with Crippen molar-refractivity contribution in [2.45, 2.75) is 0 Å². The van der Waals surface area contributed by atoms with Crippen molar-refractivity contribution in [1.29, 1.82) is 0 Å². The fourth-order valence-corrected chi connectivity index (χ4v) is 2.03. The van der Waals surface area contributed by atoms with Crippen LogP contribution in [-0.4, -0.2) is 10.9 Å². The molecule has 0 aliphatic heterocycles. The van der Waals surface area contributed by atoms with Crippen LogP contribution in [0.5, 0.6) is 5.75 Å². The Kier molecular flexibility index (Phi) is 2.76. The van der Waals surface area contributed by atoms with Gasteiger partial charge in [-0.15, -0.1) is 0 Å². The lowest BCUT2D eigenvalue weighted by Crippen LogP contribution is -1.98. The number of hydrogen-bond acceptors (Lipinski definition) is 3. The van der Waals surface area contributed by atoms with Crippen LogP contribution in [-0.2, 0) is 0 Å². The van der Waals surface area contributed by atoms with Gasteiger partial charge in [0.1, 0.15) is 0 Å². The zero-order chi connectivity index (χ0) is 13.4. The average molecular weight is 273 g/mol. The predicted molar refractivity (Wildman–Crippen MR) is 72.8 cm³/mol. The number of furan rings is 1. The van der Waals surface area contributed by atoms with E-state index in [-0.39, 0.29) is 17.3 Å². The summed E-state index contributed by atoms with van der Waals surface area (Å²) in [4.78, 5) is 12.2. The number of benzene rings is 2. The molecule has 1 aromatic heterocycles. The van der Waals surface area contributed by atoms with E-state index in [0.717, 1.165) is 0 Å². The van der Waals surface area contributed by atoms with E-state index in [2.05, 4.69) is 0 Å². The number of fused-ring (bicyclic) bond motifs is 1. The minimum absolute atomic E-state index is 0.0210. The Morgan fingerprint density at radius 2 is 1.84 bits per heavy atom. The number of carbonyl (C=O) groups excluding carboxylic acids is 1. The molecule has 0 saturated heterocycles. The number of hydrogen-bond donors (Lipinski definition) is 1. The Hall–Kier alpha value is -2.26. The summed E-state index contributed by atoms with van der Waals surface area (Å²) in [5.41, 5.74) is 0.808. The standard InChI is InChI=1S/C15H9ClO3/c16-11-6-4-9(5-7-11)14(18)13-8-10-2-1-3-12(17)15(10)19-13/h1-8,17H. The minimum atomic E-state index is -0.243. The van der Waals surface area contributed by atoms with Crippen LogP contribution in [0.4, 0.5) is 0 Å².